The van der Waals surface area contributed by atoms with Crippen LogP contribution in [0.1, 0.15) is 43.1 Å². The normalized spacial score (nSPS) is 11.8. The summed E-state index contributed by atoms with van der Waals surface area (Å²) in [6.07, 6.45) is 6.86. The molecule has 0 amide bonds. The number of aryl methyl sites for hydroxylation is 1. The van der Waals surface area contributed by atoms with Gasteiger partial charge in [0.25, 0.3) is 0 Å². The second kappa shape index (κ2) is 8.47. The van der Waals surface area contributed by atoms with Gasteiger partial charge in [-0.05, 0) is 42.2 Å². The molecule has 0 aliphatic rings. The predicted octanol–water partition coefficient (Wildman–Crippen LogP) is 5.28. The predicted molar refractivity (Wildman–Crippen MR) is 87.3 cm³/mol. The summed E-state index contributed by atoms with van der Waals surface area (Å²) in [6.45, 7) is 2.16. The SMILES string of the molecule is CCCCCc1cnc(/C=C/c2ccc(OC(F)(F)F)cc2)nc1. The van der Waals surface area contributed by atoms with Crippen LogP contribution < -0.4 is 4.74 Å². The van der Waals surface area contributed by atoms with E-state index in [4.69, 9.17) is 0 Å². The Morgan fingerprint density at radius 3 is 2.25 bits per heavy atom. The molecule has 0 bridgehead atoms. The topological polar surface area (TPSA) is 35.0 Å². The van der Waals surface area contributed by atoms with Gasteiger partial charge in [-0.15, -0.1) is 13.2 Å². The van der Waals surface area contributed by atoms with Gasteiger partial charge in [0.15, 0.2) is 5.82 Å². The lowest BCUT2D eigenvalue weighted by Crippen LogP contribution is -2.16. The molecule has 0 unspecified atom stereocenters. The number of benzene rings is 1. The minimum atomic E-state index is -4.68. The summed E-state index contributed by atoms with van der Waals surface area (Å²) in [4.78, 5) is 8.53. The molecule has 24 heavy (non-hydrogen) atoms. The number of aromatic nitrogens is 2. The Morgan fingerprint density at radius 1 is 1.00 bits per heavy atom. The lowest BCUT2D eigenvalue weighted by Gasteiger charge is -2.08. The molecule has 0 atom stereocenters. The summed E-state index contributed by atoms with van der Waals surface area (Å²) >= 11 is 0. The molecule has 0 aliphatic heterocycles. The molecule has 0 spiro atoms. The Balaban J connectivity index is 1.93. The molecule has 128 valence electrons. The Morgan fingerprint density at radius 2 is 1.67 bits per heavy atom. The summed E-state index contributed by atoms with van der Waals surface area (Å²) in [5.41, 5.74) is 1.84. The van der Waals surface area contributed by atoms with E-state index in [9.17, 15) is 13.2 Å². The zero-order valence-corrected chi connectivity index (χ0v) is 13.4. The van der Waals surface area contributed by atoms with Crippen LogP contribution in [-0.2, 0) is 6.42 Å². The molecule has 0 radical (unpaired) electrons. The molecule has 0 N–H and O–H groups in total. The minimum absolute atomic E-state index is 0.243. The summed E-state index contributed by atoms with van der Waals surface area (Å²) in [5, 5.41) is 0. The van der Waals surface area contributed by atoms with Crippen molar-refractivity contribution in [2.24, 2.45) is 0 Å². The average Bonchev–Trinajstić information content (AvgIpc) is 2.54. The van der Waals surface area contributed by atoms with E-state index in [0.29, 0.717) is 5.82 Å². The fraction of sp³-hybridized carbons (Fsp3) is 0.333. The van der Waals surface area contributed by atoms with Gasteiger partial charge >= 0.3 is 6.36 Å². The van der Waals surface area contributed by atoms with Crippen LogP contribution in [0, 0.1) is 0 Å². The molecule has 0 aliphatic carbocycles. The number of rotatable bonds is 7. The number of hydrogen-bond donors (Lipinski definition) is 0. The van der Waals surface area contributed by atoms with Gasteiger partial charge in [-0.3, -0.25) is 0 Å². The Labute approximate surface area is 139 Å². The molecule has 3 nitrogen and oxygen atoms in total. The number of unbranched alkanes of at least 4 members (excludes halogenated alkanes) is 2. The van der Waals surface area contributed by atoms with Crippen LogP contribution in [0.3, 0.4) is 0 Å². The molecule has 6 heteroatoms. The van der Waals surface area contributed by atoms with Crippen molar-refractivity contribution in [3.05, 3.63) is 53.6 Å². The standard InChI is InChI=1S/C18H19F3N2O/c1-2-3-4-5-15-12-22-17(23-13-15)11-8-14-6-9-16(10-7-14)24-18(19,20)21/h6-13H,2-5H2,1H3/b11-8+. The van der Waals surface area contributed by atoms with Crippen molar-refractivity contribution < 1.29 is 17.9 Å². The quantitative estimate of drug-likeness (QED) is 0.645. The number of halogens is 3. The van der Waals surface area contributed by atoms with Gasteiger partial charge in [0.1, 0.15) is 5.75 Å². The first-order valence-corrected chi connectivity index (χ1v) is 7.81. The van der Waals surface area contributed by atoms with Crippen molar-refractivity contribution >= 4 is 12.2 Å². The number of hydrogen-bond acceptors (Lipinski definition) is 3. The largest absolute Gasteiger partial charge is 0.573 e. The molecule has 0 saturated heterocycles. The van der Waals surface area contributed by atoms with Gasteiger partial charge in [0.2, 0.25) is 0 Å². The third kappa shape index (κ3) is 6.40. The Bertz CT molecular complexity index is 649. The third-order valence-electron chi connectivity index (χ3n) is 3.33. The van der Waals surface area contributed by atoms with Crippen molar-refractivity contribution in [3.63, 3.8) is 0 Å². The second-order valence-corrected chi connectivity index (χ2v) is 5.36. The molecule has 0 saturated carbocycles. The van der Waals surface area contributed by atoms with Gasteiger partial charge in [0.05, 0.1) is 0 Å². The molecule has 1 aromatic heterocycles. The van der Waals surface area contributed by atoms with E-state index in [1.165, 1.54) is 37.1 Å². The van der Waals surface area contributed by atoms with E-state index < -0.39 is 6.36 Å². The second-order valence-electron chi connectivity index (χ2n) is 5.36. The summed E-state index contributed by atoms with van der Waals surface area (Å²) in [6, 6.07) is 5.61. The fourth-order valence-corrected chi connectivity index (χ4v) is 2.11. The monoisotopic (exact) mass is 336 g/mol. The van der Waals surface area contributed by atoms with E-state index >= 15 is 0 Å². The van der Waals surface area contributed by atoms with Crippen LogP contribution in [0.4, 0.5) is 13.2 Å². The van der Waals surface area contributed by atoms with E-state index in [-0.39, 0.29) is 5.75 Å². The van der Waals surface area contributed by atoms with Crippen LogP contribution in [0.2, 0.25) is 0 Å². The highest BCUT2D eigenvalue weighted by Gasteiger charge is 2.30. The first-order chi connectivity index (χ1) is 11.5. The summed E-state index contributed by atoms with van der Waals surface area (Å²) < 4.78 is 40.1. The molecular formula is C18H19F3N2O. The Hall–Kier alpha value is -2.37. The maximum absolute atomic E-state index is 12.1. The van der Waals surface area contributed by atoms with Gasteiger partial charge in [0, 0.05) is 12.4 Å². The van der Waals surface area contributed by atoms with E-state index in [0.717, 1.165) is 24.0 Å². The summed E-state index contributed by atoms with van der Waals surface area (Å²) in [7, 11) is 0. The van der Waals surface area contributed by atoms with Crippen molar-refractivity contribution in [1.82, 2.24) is 9.97 Å². The lowest BCUT2D eigenvalue weighted by atomic mass is 10.1. The van der Waals surface area contributed by atoms with Crippen LogP contribution in [0.15, 0.2) is 36.7 Å². The van der Waals surface area contributed by atoms with E-state index in [1.807, 2.05) is 12.4 Å². The highest BCUT2D eigenvalue weighted by atomic mass is 19.4. The zero-order chi connectivity index (χ0) is 17.4. The lowest BCUT2D eigenvalue weighted by molar-refractivity contribution is -0.274. The number of ether oxygens (including phenoxy) is 1. The van der Waals surface area contributed by atoms with E-state index in [1.54, 1.807) is 12.2 Å². The fourth-order valence-electron chi connectivity index (χ4n) is 2.11. The summed E-state index contributed by atoms with van der Waals surface area (Å²) in [5.74, 6) is 0.317. The molecule has 2 aromatic rings. The van der Waals surface area contributed by atoms with Crippen molar-refractivity contribution in [2.75, 3.05) is 0 Å². The van der Waals surface area contributed by atoms with Crippen molar-refractivity contribution in [1.29, 1.82) is 0 Å². The minimum Gasteiger partial charge on any atom is -0.406 e. The highest BCUT2D eigenvalue weighted by molar-refractivity contribution is 5.66. The number of nitrogens with zero attached hydrogens (tertiary/aromatic N) is 2. The van der Waals surface area contributed by atoms with Crippen LogP contribution in [0.25, 0.3) is 12.2 Å². The van der Waals surface area contributed by atoms with Crippen LogP contribution >= 0.6 is 0 Å². The zero-order valence-electron chi connectivity index (χ0n) is 13.4. The maximum Gasteiger partial charge on any atom is 0.573 e. The number of alkyl halides is 3. The van der Waals surface area contributed by atoms with Crippen molar-refractivity contribution in [3.8, 4) is 5.75 Å². The van der Waals surface area contributed by atoms with E-state index in [2.05, 4.69) is 21.6 Å². The average molecular weight is 336 g/mol. The van der Waals surface area contributed by atoms with Crippen LogP contribution in [0.5, 0.6) is 5.75 Å². The first kappa shape index (κ1) is 18.0. The molecule has 1 aromatic carbocycles. The van der Waals surface area contributed by atoms with Crippen LogP contribution in [-0.4, -0.2) is 16.3 Å². The third-order valence-corrected chi connectivity index (χ3v) is 3.33. The highest BCUT2D eigenvalue weighted by Crippen LogP contribution is 2.23. The van der Waals surface area contributed by atoms with Crippen molar-refractivity contribution in [2.45, 2.75) is 39.0 Å². The molecule has 2 rings (SSSR count). The Kier molecular flexibility index (Phi) is 6.35. The van der Waals surface area contributed by atoms with Gasteiger partial charge in [-0.2, -0.15) is 0 Å². The molecular weight excluding hydrogens is 317 g/mol. The van der Waals surface area contributed by atoms with Gasteiger partial charge in [-0.25, -0.2) is 9.97 Å². The first-order valence-electron chi connectivity index (χ1n) is 7.81. The molecule has 0 fully saturated rings. The smallest absolute Gasteiger partial charge is 0.406 e. The maximum atomic E-state index is 12.1. The van der Waals surface area contributed by atoms with Gasteiger partial charge in [-0.1, -0.05) is 38.0 Å². The van der Waals surface area contributed by atoms with Gasteiger partial charge < -0.3 is 4.74 Å². The molecule has 1 heterocycles.